The lowest BCUT2D eigenvalue weighted by Crippen LogP contribution is -2.01. The van der Waals surface area contributed by atoms with E-state index in [9.17, 15) is 4.79 Å². The van der Waals surface area contributed by atoms with Crippen molar-refractivity contribution in [1.29, 1.82) is 0 Å². The van der Waals surface area contributed by atoms with E-state index in [4.69, 9.17) is 0 Å². The van der Waals surface area contributed by atoms with Crippen molar-refractivity contribution in [3.8, 4) is 0 Å². The molecule has 14 heavy (non-hydrogen) atoms. The van der Waals surface area contributed by atoms with Crippen molar-refractivity contribution in [2.24, 2.45) is 0 Å². The summed E-state index contributed by atoms with van der Waals surface area (Å²) in [5.41, 5.74) is 1.43. The molecule has 0 aliphatic heterocycles. The van der Waals surface area contributed by atoms with Gasteiger partial charge < -0.3 is 0 Å². The van der Waals surface area contributed by atoms with Crippen LogP contribution in [-0.2, 0) is 0 Å². The van der Waals surface area contributed by atoms with E-state index in [1.54, 1.807) is 35.9 Å². The Morgan fingerprint density at radius 1 is 1.43 bits per heavy atom. The summed E-state index contributed by atoms with van der Waals surface area (Å²) in [5, 5.41) is 1.93. The van der Waals surface area contributed by atoms with Gasteiger partial charge in [0.25, 0.3) is 0 Å². The Hall–Kier alpha value is -1.48. The molecule has 0 saturated carbocycles. The largest absolute Gasteiger partial charge is 0.289 e. The van der Waals surface area contributed by atoms with E-state index in [2.05, 4.69) is 4.98 Å². The van der Waals surface area contributed by atoms with Gasteiger partial charge in [0.2, 0.25) is 0 Å². The smallest absolute Gasteiger partial charge is 0.195 e. The Morgan fingerprint density at radius 2 is 2.29 bits per heavy atom. The predicted molar refractivity (Wildman–Crippen MR) is 56.7 cm³/mol. The summed E-state index contributed by atoms with van der Waals surface area (Å²) in [6.07, 6.45) is 3.26. The summed E-state index contributed by atoms with van der Waals surface area (Å²) in [6, 6.07) is 5.41. The Bertz CT molecular complexity index is 447. The van der Waals surface area contributed by atoms with Crippen molar-refractivity contribution in [3.63, 3.8) is 0 Å². The Balaban J connectivity index is 2.39. The van der Waals surface area contributed by atoms with Crippen molar-refractivity contribution >= 4 is 17.1 Å². The number of carbonyl (C=O) groups excluding carboxylic acids is 1. The van der Waals surface area contributed by atoms with E-state index in [0.29, 0.717) is 5.56 Å². The van der Waals surface area contributed by atoms with E-state index >= 15 is 0 Å². The topological polar surface area (TPSA) is 30.0 Å². The second kappa shape index (κ2) is 3.72. The number of carbonyl (C=O) groups is 1. The highest BCUT2D eigenvalue weighted by molar-refractivity contribution is 7.10. The van der Waals surface area contributed by atoms with Crippen LogP contribution in [-0.4, -0.2) is 10.8 Å². The van der Waals surface area contributed by atoms with Gasteiger partial charge in [-0.15, -0.1) is 11.3 Å². The first-order valence-electron chi connectivity index (χ1n) is 4.28. The zero-order chi connectivity index (χ0) is 9.97. The van der Waals surface area contributed by atoms with Gasteiger partial charge in [0, 0.05) is 28.4 Å². The first-order valence-corrected chi connectivity index (χ1v) is 5.16. The molecule has 0 aliphatic rings. The van der Waals surface area contributed by atoms with Crippen LogP contribution in [0.4, 0.5) is 0 Å². The minimum absolute atomic E-state index is 0.0526. The SMILES string of the molecule is Cc1sccc1C(=O)c1cccnc1. The third kappa shape index (κ3) is 1.59. The minimum atomic E-state index is 0.0526. The highest BCUT2D eigenvalue weighted by Crippen LogP contribution is 2.18. The number of nitrogens with zero attached hydrogens (tertiary/aromatic N) is 1. The maximum absolute atomic E-state index is 11.9. The van der Waals surface area contributed by atoms with E-state index < -0.39 is 0 Å². The van der Waals surface area contributed by atoms with E-state index in [1.807, 2.05) is 18.4 Å². The monoisotopic (exact) mass is 203 g/mol. The van der Waals surface area contributed by atoms with E-state index in [-0.39, 0.29) is 5.78 Å². The summed E-state index contributed by atoms with van der Waals surface area (Å²) < 4.78 is 0. The molecule has 0 bridgehead atoms. The van der Waals surface area contributed by atoms with Crippen molar-refractivity contribution < 1.29 is 4.79 Å². The van der Waals surface area contributed by atoms with Gasteiger partial charge in [0.15, 0.2) is 5.78 Å². The van der Waals surface area contributed by atoms with Crippen LogP contribution in [0.5, 0.6) is 0 Å². The van der Waals surface area contributed by atoms with E-state index in [0.717, 1.165) is 10.4 Å². The highest BCUT2D eigenvalue weighted by atomic mass is 32.1. The molecular formula is C11H9NOS. The molecule has 0 spiro atoms. The minimum Gasteiger partial charge on any atom is -0.289 e. The molecular weight excluding hydrogens is 194 g/mol. The van der Waals surface area contributed by atoms with Crippen LogP contribution in [0.25, 0.3) is 0 Å². The maximum atomic E-state index is 11.9. The molecule has 2 heterocycles. The first-order chi connectivity index (χ1) is 6.79. The molecule has 2 nitrogen and oxygen atoms in total. The second-order valence-corrected chi connectivity index (χ2v) is 4.08. The van der Waals surface area contributed by atoms with Gasteiger partial charge in [0.1, 0.15) is 0 Å². The Labute approximate surface area is 86.2 Å². The molecule has 2 rings (SSSR count). The lowest BCUT2D eigenvalue weighted by atomic mass is 10.1. The summed E-state index contributed by atoms with van der Waals surface area (Å²) in [6.45, 7) is 1.95. The fourth-order valence-corrected chi connectivity index (χ4v) is 1.97. The van der Waals surface area contributed by atoms with Crippen LogP contribution in [0.15, 0.2) is 36.0 Å². The first kappa shape index (κ1) is 9.09. The Morgan fingerprint density at radius 3 is 2.86 bits per heavy atom. The highest BCUT2D eigenvalue weighted by Gasteiger charge is 2.11. The van der Waals surface area contributed by atoms with Gasteiger partial charge in [-0.1, -0.05) is 0 Å². The fraction of sp³-hybridized carbons (Fsp3) is 0.0909. The predicted octanol–water partition coefficient (Wildman–Crippen LogP) is 2.68. The van der Waals surface area contributed by atoms with Gasteiger partial charge in [0.05, 0.1) is 0 Å². The van der Waals surface area contributed by atoms with Gasteiger partial charge in [-0.25, -0.2) is 0 Å². The number of aromatic nitrogens is 1. The maximum Gasteiger partial charge on any atom is 0.195 e. The van der Waals surface area contributed by atoms with Gasteiger partial charge in [-0.05, 0) is 30.5 Å². The van der Waals surface area contributed by atoms with Gasteiger partial charge in [-0.2, -0.15) is 0 Å². The fourth-order valence-electron chi connectivity index (χ4n) is 1.27. The van der Waals surface area contributed by atoms with Crippen molar-refractivity contribution in [2.45, 2.75) is 6.92 Å². The van der Waals surface area contributed by atoms with E-state index in [1.165, 1.54) is 0 Å². The quantitative estimate of drug-likeness (QED) is 0.702. The van der Waals surface area contributed by atoms with Crippen LogP contribution in [0, 0.1) is 6.92 Å². The zero-order valence-corrected chi connectivity index (χ0v) is 8.54. The molecule has 3 heteroatoms. The summed E-state index contributed by atoms with van der Waals surface area (Å²) >= 11 is 1.59. The molecule has 0 atom stereocenters. The number of ketones is 1. The second-order valence-electron chi connectivity index (χ2n) is 2.96. The standard InChI is InChI=1S/C11H9NOS/c1-8-10(4-6-14-8)11(13)9-3-2-5-12-7-9/h2-7H,1H3. The number of hydrogen-bond acceptors (Lipinski definition) is 3. The molecule has 0 fully saturated rings. The molecule has 0 aliphatic carbocycles. The van der Waals surface area contributed by atoms with Crippen LogP contribution in [0.3, 0.4) is 0 Å². The lowest BCUT2D eigenvalue weighted by Gasteiger charge is -1.98. The molecule has 70 valence electrons. The molecule has 0 aromatic carbocycles. The summed E-state index contributed by atoms with van der Waals surface area (Å²) in [4.78, 5) is 16.9. The third-order valence-electron chi connectivity index (χ3n) is 2.03. The summed E-state index contributed by atoms with van der Waals surface area (Å²) in [5.74, 6) is 0.0526. The normalized spacial score (nSPS) is 10.1. The number of hydrogen-bond donors (Lipinski definition) is 0. The van der Waals surface area contributed by atoms with Crippen LogP contribution >= 0.6 is 11.3 Å². The molecule has 0 saturated heterocycles. The molecule has 0 N–H and O–H groups in total. The third-order valence-corrected chi connectivity index (χ3v) is 2.87. The van der Waals surface area contributed by atoms with Crippen LogP contribution in [0.2, 0.25) is 0 Å². The molecule has 2 aromatic rings. The molecule has 2 aromatic heterocycles. The van der Waals surface area contributed by atoms with Crippen LogP contribution in [0.1, 0.15) is 20.8 Å². The van der Waals surface area contributed by atoms with Crippen molar-refractivity contribution in [3.05, 3.63) is 52.0 Å². The zero-order valence-electron chi connectivity index (χ0n) is 7.73. The average Bonchev–Trinajstić information content (AvgIpc) is 2.65. The number of aryl methyl sites for hydroxylation is 1. The lowest BCUT2D eigenvalue weighted by molar-refractivity contribution is 0.103. The number of rotatable bonds is 2. The average molecular weight is 203 g/mol. The van der Waals surface area contributed by atoms with Crippen molar-refractivity contribution in [1.82, 2.24) is 4.98 Å². The molecule has 0 unspecified atom stereocenters. The molecule has 0 amide bonds. The van der Waals surface area contributed by atoms with Gasteiger partial charge >= 0.3 is 0 Å². The molecule has 0 radical (unpaired) electrons. The van der Waals surface area contributed by atoms with Gasteiger partial charge in [-0.3, -0.25) is 9.78 Å². The number of pyridine rings is 1. The summed E-state index contributed by atoms with van der Waals surface area (Å²) in [7, 11) is 0. The van der Waals surface area contributed by atoms with Crippen molar-refractivity contribution in [2.75, 3.05) is 0 Å². The Kier molecular flexibility index (Phi) is 2.41. The number of thiophene rings is 1. The van der Waals surface area contributed by atoms with Crippen LogP contribution < -0.4 is 0 Å².